The van der Waals surface area contributed by atoms with Gasteiger partial charge in [0.25, 0.3) is 5.91 Å². The number of esters is 2. The Morgan fingerprint density at radius 2 is 1.56 bits per heavy atom. The number of piperidine rings is 1. The van der Waals surface area contributed by atoms with Gasteiger partial charge in [-0.1, -0.05) is 0 Å². The number of carbonyl (C=O) groups excluding carboxylic acids is 4. The lowest BCUT2D eigenvalue weighted by Gasteiger charge is -2.27. The number of likely N-dealkylation sites (tertiary alicyclic amines) is 1. The molecule has 2 amide bonds. The summed E-state index contributed by atoms with van der Waals surface area (Å²) in [6.07, 6.45) is 1.31. The summed E-state index contributed by atoms with van der Waals surface area (Å²) in [5, 5.41) is 2.69. The highest BCUT2D eigenvalue weighted by Gasteiger charge is 2.27. The number of carbonyl (C=O) groups is 4. The Balaban J connectivity index is 2.05. The number of hydrogen-bond donors (Lipinski definition) is 3. The van der Waals surface area contributed by atoms with Crippen molar-refractivity contribution in [3.63, 3.8) is 0 Å². The maximum Gasteiger partial charge on any atom is 0.337 e. The van der Waals surface area contributed by atoms with Crippen molar-refractivity contribution < 1.29 is 33.6 Å². The van der Waals surface area contributed by atoms with Crippen molar-refractivity contribution in [2.75, 3.05) is 39.2 Å². The summed E-state index contributed by atoms with van der Waals surface area (Å²) in [6.45, 7) is 1.56. The van der Waals surface area contributed by atoms with Crippen LogP contribution >= 0.6 is 0 Å². The van der Waals surface area contributed by atoms with Crippen LogP contribution in [-0.2, 0) is 19.1 Å². The van der Waals surface area contributed by atoms with Gasteiger partial charge in [-0.15, -0.1) is 0 Å². The third-order valence-electron chi connectivity index (χ3n) is 4.56. The predicted octanol–water partition coefficient (Wildman–Crippen LogP) is -1.02. The first-order valence-corrected chi connectivity index (χ1v) is 8.58. The second kappa shape index (κ2) is 9.13. The zero-order valence-electron chi connectivity index (χ0n) is 15.4. The minimum Gasteiger partial charge on any atom is -0.465 e. The van der Waals surface area contributed by atoms with Crippen molar-refractivity contribution in [2.24, 2.45) is 11.7 Å². The third-order valence-corrected chi connectivity index (χ3v) is 4.56. The first-order valence-electron chi connectivity index (χ1n) is 8.58. The van der Waals surface area contributed by atoms with Crippen LogP contribution < -0.4 is 16.0 Å². The van der Waals surface area contributed by atoms with Crippen LogP contribution in [0, 0.1) is 5.92 Å². The molecule has 1 saturated heterocycles. The number of nitrogens with two attached hydrogens (primary N) is 1. The second-order valence-corrected chi connectivity index (χ2v) is 6.43. The van der Waals surface area contributed by atoms with Crippen molar-refractivity contribution in [2.45, 2.75) is 12.8 Å². The summed E-state index contributed by atoms with van der Waals surface area (Å²) in [5.74, 6) is -1.95. The number of primary amides is 1. The van der Waals surface area contributed by atoms with Gasteiger partial charge in [-0.05, 0) is 18.2 Å². The summed E-state index contributed by atoms with van der Waals surface area (Å²) in [7, 11) is 2.45. The van der Waals surface area contributed by atoms with E-state index in [-0.39, 0.29) is 35.4 Å². The molecular formula is C18H24N3O6+. The lowest BCUT2D eigenvalue weighted by atomic mass is 9.96. The molecule has 9 nitrogen and oxygen atoms in total. The van der Waals surface area contributed by atoms with E-state index in [1.807, 2.05) is 0 Å². The average molecular weight is 378 g/mol. The average Bonchev–Trinajstić information content (AvgIpc) is 2.66. The van der Waals surface area contributed by atoms with E-state index in [1.54, 1.807) is 0 Å². The molecule has 0 bridgehead atoms. The maximum atomic E-state index is 12.3. The van der Waals surface area contributed by atoms with Crippen molar-refractivity contribution in [3.8, 4) is 0 Å². The molecule has 1 fully saturated rings. The topological polar surface area (TPSA) is 129 Å². The monoisotopic (exact) mass is 378 g/mol. The molecule has 1 aliphatic rings. The van der Waals surface area contributed by atoms with Crippen molar-refractivity contribution in [3.05, 3.63) is 29.3 Å². The van der Waals surface area contributed by atoms with Crippen molar-refractivity contribution >= 4 is 29.4 Å². The zero-order chi connectivity index (χ0) is 20.0. The number of benzene rings is 1. The van der Waals surface area contributed by atoms with Crippen LogP contribution in [0.15, 0.2) is 18.2 Å². The van der Waals surface area contributed by atoms with Gasteiger partial charge in [-0.2, -0.15) is 0 Å². The van der Waals surface area contributed by atoms with Gasteiger partial charge < -0.3 is 25.4 Å². The summed E-state index contributed by atoms with van der Waals surface area (Å²) < 4.78 is 9.34. The van der Waals surface area contributed by atoms with Gasteiger partial charge in [-0.3, -0.25) is 9.59 Å². The molecule has 0 spiro atoms. The molecule has 2 rings (SSSR count). The van der Waals surface area contributed by atoms with Crippen molar-refractivity contribution in [1.29, 1.82) is 0 Å². The first-order chi connectivity index (χ1) is 12.8. The standard InChI is InChI=1S/C18H23N3O6/c1-26-17(24)12-7-13(18(25)27-2)9-14(8-12)20-15(22)10-21-5-3-11(4-6-21)16(19)23/h7-9,11H,3-6,10H2,1-2H3,(H2,19,23)(H,20,22)/p+1. The highest BCUT2D eigenvalue weighted by molar-refractivity contribution is 5.99. The molecule has 0 atom stereocenters. The van der Waals surface area contributed by atoms with Crippen LogP contribution in [-0.4, -0.2) is 57.6 Å². The van der Waals surface area contributed by atoms with Gasteiger partial charge in [-0.25, -0.2) is 9.59 Å². The Morgan fingerprint density at radius 3 is 2.00 bits per heavy atom. The largest absolute Gasteiger partial charge is 0.465 e. The fraction of sp³-hybridized carbons (Fsp3) is 0.444. The Bertz CT molecular complexity index is 706. The smallest absolute Gasteiger partial charge is 0.337 e. The van der Waals surface area contributed by atoms with E-state index in [2.05, 4.69) is 14.8 Å². The fourth-order valence-electron chi connectivity index (χ4n) is 3.09. The molecule has 9 heteroatoms. The predicted molar refractivity (Wildman–Crippen MR) is 95.2 cm³/mol. The lowest BCUT2D eigenvalue weighted by molar-refractivity contribution is -0.897. The molecule has 4 N–H and O–H groups in total. The molecule has 1 aromatic rings. The number of methoxy groups -OCH3 is 2. The molecule has 1 aromatic carbocycles. The Labute approximate surface area is 156 Å². The molecule has 1 aliphatic heterocycles. The van der Waals surface area contributed by atoms with E-state index in [4.69, 9.17) is 5.73 Å². The van der Waals surface area contributed by atoms with Gasteiger partial charge in [0.15, 0.2) is 6.54 Å². The molecule has 27 heavy (non-hydrogen) atoms. The van der Waals surface area contributed by atoms with Crippen LogP contribution in [0.4, 0.5) is 5.69 Å². The summed E-state index contributed by atoms with van der Waals surface area (Å²) >= 11 is 0. The highest BCUT2D eigenvalue weighted by atomic mass is 16.5. The molecule has 0 aromatic heterocycles. The Kier molecular flexibility index (Phi) is 6.89. The molecule has 0 unspecified atom stereocenters. The minimum atomic E-state index is -0.629. The number of ether oxygens (including phenoxy) is 2. The van der Waals surface area contributed by atoms with Crippen LogP contribution in [0.2, 0.25) is 0 Å². The van der Waals surface area contributed by atoms with E-state index in [9.17, 15) is 19.2 Å². The SMILES string of the molecule is COC(=O)c1cc(NC(=O)C[NH+]2CCC(C(N)=O)CC2)cc(C(=O)OC)c1. The van der Waals surface area contributed by atoms with E-state index >= 15 is 0 Å². The molecule has 0 radical (unpaired) electrons. The van der Waals surface area contributed by atoms with Crippen LogP contribution in [0.3, 0.4) is 0 Å². The Hall–Kier alpha value is -2.94. The first kappa shape index (κ1) is 20.4. The van der Waals surface area contributed by atoms with Gasteiger partial charge in [0.1, 0.15) is 0 Å². The highest BCUT2D eigenvalue weighted by Crippen LogP contribution is 2.17. The van der Waals surface area contributed by atoms with E-state index < -0.39 is 11.9 Å². The number of amides is 2. The quantitative estimate of drug-likeness (QED) is 0.544. The summed E-state index contributed by atoms with van der Waals surface area (Å²) in [5.41, 5.74) is 5.87. The van der Waals surface area contributed by atoms with Gasteiger partial charge >= 0.3 is 11.9 Å². The van der Waals surface area contributed by atoms with E-state index in [0.29, 0.717) is 31.6 Å². The van der Waals surface area contributed by atoms with E-state index in [1.165, 1.54) is 32.4 Å². The number of quaternary nitrogens is 1. The van der Waals surface area contributed by atoms with Crippen LogP contribution in [0.25, 0.3) is 0 Å². The number of nitrogens with one attached hydrogen (secondary N) is 2. The number of rotatable bonds is 6. The number of hydrogen-bond acceptors (Lipinski definition) is 6. The molecule has 0 saturated carbocycles. The second-order valence-electron chi connectivity index (χ2n) is 6.43. The third kappa shape index (κ3) is 5.52. The van der Waals surface area contributed by atoms with Crippen molar-refractivity contribution in [1.82, 2.24) is 0 Å². The van der Waals surface area contributed by atoms with Gasteiger partial charge in [0, 0.05) is 24.4 Å². The van der Waals surface area contributed by atoms with Gasteiger partial charge in [0.05, 0.1) is 38.4 Å². The molecule has 1 heterocycles. The maximum absolute atomic E-state index is 12.3. The molecule has 0 aliphatic carbocycles. The number of anilines is 1. The minimum absolute atomic E-state index is 0.129. The Morgan fingerprint density at radius 1 is 1.04 bits per heavy atom. The lowest BCUT2D eigenvalue weighted by Crippen LogP contribution is -3.14. The molecule has 146 valence electrons. The van der Waals surface area contributed by atoms with Crippen LogP contribution in [0.1, 0.15) is 33.6 Å². The fourth-order valence-corrected chi connectivity index (χ4v) is 3.09. The summed E-state index contributed by atoms with van der Waals surface area (Å²) in [4.78, 5) is 48.2. The summed E-state index contributed by atoms with van der Waals surface area (Å²) in [6, 6.07) is 4.21. The van der Waals surface area contributed by atoms with E-state index in [0.717, 1.165) is 4.90 Å². The zero-order valence-corrected chi connectivity index (χ0v) is 15.4. The molecular weight excluding hydrogens is 354 g/mol. The normalized spacial score (nSPS) is 19.0. The van der Waals surface area contributed by atoms with Crippen LogP contribution in [0.5, 0.6) is 0 Å². The van der Waals surface area contributed by atoms with Gasteiger partial charge in [0.2, 0.25) is 5.91 Å².